The van der Waals surface area contributed by atoms with Gasteiger partial charge in [-0.25, -0.2) is 9.48 Å². The Morgan fingerprint density at radius 1 is 1.38 bits per heavy atom. The van der Waals surface area contributed by atoms with Crippen molar-refractivity contribution in [2.45, 2.75) is 19.6 Å². The molecule has 1 aromatic carbocycles. The Morgan fingerprint density at radius 3 is 2.71 bits per heavy atom. The molecule has 7 nitrogen and oxygen atoms in total. The summed E-state index contributed by atoms with van der Waals surface area (Å²) in [7, 11) is 2.82. The molecule has 2 aromatic rings. The molecular weight excluding hydrogens is 274 g/mol. The Morgan fingerprint density at radius 2 is 2.10 bits per heavy atom. The molecular formula is C14H17N3O4. The van der Waals surface area contributed by atoms with Crippen molar-refractivity contribution in [3.8, 4) is 17.0 Å². The summed E-state index contributed by atoms with van der Waals surface area (Å²) in [5.74, 6) is -0.00968. The van der Waals surface area contributed by atoms with Gasteiger partial charge in [-0.2, -0.15) is 0 Å². The lowest BCUT2D eigenvalue weighted by Crippen LogP contribution is -2.15. The second kappa shape index (κ2) is 6.36. The largest absolute Gasteiger partial charge is 0.496 e. The SMILES string of the molecule is COC(=O)c1nnn(CC(C)O)c1-c1ccccc1OC. The topological polar surface area (TPSA) is 86.5 Å². The van der Waals surface area contributed by atoms with Gasteiger partial charge >= 0.3 is 5.97 Å². The van der Waals surface area contributed by atoms with Gasteiger partial charge in [0.15, 0.2) is 5.69 Å². The number of hydrogen-bond acceptors (Lipinski definition) is 6. The van der Waals surface area contributed by atoms with E-state index in [-0.39, 0.29) is 12.2 Å². The van der Waals surface area contributed by atoms with Gasteiger partial charge in [-0.1, -0.05) is 17.3 Å². The van der Waals surface area contributed by atoms with E-state index in [1.54, 1.807) is 26.2 Å². The Hall–Kier alpha value is -2.41. The maximum absolute atomic E-state index is 11.9. The summed E-state index contributed by atoms with van der Waals surface area (Å²) in [4.78, 5) is 11.9. The van der Waals surface area contributed by atoms with Crippen LogP contribution in [0.5, 0.6) is 5.75 Å². The van der Waals surface area contributed by atoms with Crippen LogP contribution in [0.3, 0.4) is 0 Å². The van der Waals surface area contributed by atoms with Crippen LogP contribution >= 0.6 is 0 Å². The Balaban J connectivity index is 2.62. The zero-order valence-corrected chi connectivity index (χ0v) is 12.1. The van der Waals surface area contributed by atoms with Crippen molar-refractivity contribution in [3.63, 3.8) is 0 Å². The molecule has 1 aromatic heterocycles. The molecule has 0 saturated carbocycles. The van der Waals surface area contributed by atoms with Crippen molar-refractivity contribution >= 4 is 5.97 Å². The van der Waals surface area contributed by atoms with Crippen LogP contribution in [-0.2, 0) is 11.3 Å². The first-order valence-electron chi connectivity index (χ1n) is 6.41. The second-order valence-corrected chi connectivity index (χ2v) is 4.51. The van der Waals surface area contributed by atoms with E-state index in [2.05, 4.69) is 10.3 Å². The lowest BCUT2D eigenvalue weighted by atomic mass is 10.1. The number of hydrogen-bond donors (Lipinski definition) is 1. The molecule has 0 amide bonds. The molecule has 0 saturated heterocycles. The normalized spacial score (nSPS) is 12.0. The fraction of sp³-hybridized carbons (Fsp3) is 0.357. The summed E-state index contributed by atoms with van der Waals surface area (Å²) >= 11 is 0. The molecule has 7 heteroatoms. The number of carbonyl (C=O) groups excluding carboxylic acids is 1. The van der Waals surface area contributed by atoms with E-state index in [1.165, 1.54) is 11.8 Å². The molecule has 2 rings (SSSR count). The van der Waals surface area contributed by atoms with E-state index in [4.69, 9.17) is 9.47 Å². The van der Waals surface area contributed by atoms with E-state index in [9.17, 15) is 9.90 Å². The highest BCUT2D eigenvalue weighted by Gasteiger charge is 2.24. The summed E-state index contributed by atoms with van der Waals surface area (Å²) in [5, 5.41) is 17.4. The molecule has 112 valence electrons. The minimum atomic E-state index is -0.634. The van der Waals surface area contributed by atoms with Crippen molar-refractivity contribution in [2.75, 3.05) is 14.2 Å². The van der Waals surface area contributed by atoms with Crippen LogP contribution < -0.4 is 4.74 Å². The number of aliphatic hydroxyl groups excluding tert-OH is 1. The molecule has 1 heterocycles. The number of aliphatic hydroxyl groups is 1. The van der Waals surface area contributed by atoms with Crippen molar-refractivity contribution in [1.29, 1.82) is 0 Å². The van der Waals surface area contributed by atoms with Gasteiger partial charge in [0, 0.05) is 5.56 Å². The predicted octanol–water partition coefficient (Wildman–Crippen LogP) is 1.12. The third-order valence-electron chi connectivity index (χ3n) is 2.91. The maximum Gasteiger partial charge on any atom is 0.360 e. The number of esters is 1. The minimum Gasteiger partial charge on any atom is -0.496 e. The quantitative estimate of drug-likeness (QED) is 0.831. The Labute approximate surface area is 122 Å². The van der Waals surface area contributed by atoms with Gasteiger partial charge in [0.2, 0.25) is 0 Å². The van der Waals surface area contributed by atoms with Crippen LogP contribution in [-0.4, -0.2) is 46.4 Å². The van der Waals surface area contributed by atoms with E-state index < -0.39 is 12.1 Å². The Bertz CT molecular complexity index is 637. The standard InChI is InChI=1S/C14H17N3O4/c1-9(18)8-17-13(12(15-16-17)14(19)21-3)10-6-4-5-7-11(10)20-2/h4-7,9,18H,8H2,1-3H3. The van der Waals surface area contributed by atoms with E-state index in [0.29, 0.717) is 17.0 Å². The molecule has 21 heavy (non-hydrogen) atoms. The number of methoxy groups -OCH3 is 2. The van der Waals surface area contributed by atoms with Crippen molar-refractivity contribution in [1.82, 2.24) is 15.0 Å². The smallest absolute Gasteiger partial charge is 0.360 e. The number of ether oxygens (including phenoxy) is 2. The van der Waals surface area contributed by atoms with E-state index >= 15 is 0 Å². The second-order valence-electron chi connectivity index (χ2n) is 4.51. The van der Waals surface area contributed by atoms with Crippen LogP contribution in [0.2, 0.25) is 0 Å². The van der Waals surface area contributed by atoms with Crippen LogP contribution in [0, 0.1) is 0 Å². The predicted molar refractivity (Wildman–Crippen MR) is 75.0 cm³/mol. The van der Waals surface area contributed by atoms with E-state index in [0.717, 1.165) is 0 Å². The van der Waals surface area contributed by atoms with Gasteiger partial charge in [-0.3, -0.25) is 0 Å². The molecule has 0 aliphatic rings. The van der Waals surface area contributed by atoms with Crippen molar-refractivity contribution in [3.05, 3.63) is 30.0 Å². The Kier molecular flexibility index (Phi) is 4.54. The molecule has 0 spiro atoms. The van der Waals surface area contributed by atoms with Gasteiger partial charge in [0.25, 0.3) is 0 Å². The van der Waals surface area contributed by atoms with Crippen molar-refractivity contribution in [2.24, 2.45) is 0 Å². The van der Waals surface area contributed by atoms with Crippen LogP contribution in [0.25, 0.3) is 11.3 Å². The number of para-hydroxylation sites is 1. The molecule has 0 aliphatic carbocycles. The fourth-order valence-electron chi connectivity index (χ4n) is 2.03. The molecule has 0 bridgehead atoms. The third kappa shape index (κ3) is 3.03. The number of carbonyl (C=O) groups is 1. The van der Waals surface area contributed by atoms with Crippen LogP contribution in [0.4, 0.5) is 0 Å². The van der Waals surface area contributed by atoms with Gasteiger partial charge < -0.3 is 14.6 Å². The lowest BCUT2D eigenvalue weighted by molar-refractivity contribution is 0.0594. The number of nitrogens with zero attached hydrogens (tertiary/aromatic N) is 3. The number of aromatic nitrogens is 3. The first kappa shape index (κ1) is 15.0. The highest BCUT2D eigenvalue weighted by molar-refractivity contribution is 5.94. The first-order chi connectivity index (χ1) is 10.1. The highest BCUT2D eigenvalue weighted by atomic mass is 16.5. The summed E-state index contributed by atoms with van der Waals surface area (Å²) in [6, 6.07) is 7.21. The number of rotatable bonds is 5. The summed E-state index contributed by atoms with van der Waals surface area (Å²) in [5.41, 5.74) is 1.20. The monoisotopic (exact) mass is 291 g/mol. The van der Waals surface area contributed by atoms with Gasteiger partial charge in [0.1, 0.15) is 11.4 Å². The van der Waals surface area contributed by atoms with Crippen LogP contribution in [0.1, 0.15) is 17.4 Å². The summed E-state index contributed by atoms with van der Waals surface area (Å²) in [6.45, 7) is 1.84. The zero-order valence-electron chi connectivity index (χ0n) is 12.1. The molecule has 0 aliphatic heterocycles. The molecule has 0 radical (unpaired) electrons. The molecule has 1 atom stereocenters. The fourth-order valence-corrected chi connectivity index (χ4v) is 2.03. The van der Waals surface area contributed by atoms with Crippen molar-refractivity contribution < 1.29 is 19.4 Å². The first-order valence-corrected chi connectivity index (χ1v) is 6.41. The zero-order chi connectivity index (χ0) is 15.4. The van der Waals surface area contributed by atoms with E-state index in [1.807, 2.05) is 12.1 Å². The lowest BCUT2D eigenvalue weighted by Gasteiger charge is -2.12. The summed E-state index contributed by atoms with van der Waals surface area (Å²) < 4.78 is 11.5. The number of benzene rings is 1. The molecule has 0 fully saturated rings. The van der Waals surface area contributed by atoms with Gasteiger partial charge in [-0.15, -0.1) is 5.10 Å². The highest BCUT2D eigenvalue weighted by Crippen LogP contribution is 2.31. The third-order valence-corrected chi connectivity index (χ3v) is 2.91. The van der Waals surface area contributed by atoms with Gasteiger partial charge in [-0.05, 0) is 19.1 Å². The summed E-state index contributed by atoms with van der Waals surface area (Å²) in [6.07, 6.45) is -0.634. The molecule has 1 N–H and O–H groups in total. The maximum atomic E-state index is 11.9. The molecule has 1 unspecified atom stereocenters. The minimum absolute atomic E-state index is 0.0858. The average Bonchev–Trinajstić information content (AvgIpc) is 2.89. The average molecular weight is 291 g/mol. The van der Waals surface area contributed by atoms with Crippen LogP contribution in [0.15, 0.2) is 24.3 Å². The van der Waals surface area contributed by atoms with Gasteiger partial charge in [0.05, 0.1) is 26.9 Å².